The summed E-state index contributed by atoms with van der Waals surface area (Å²) < 4.78 is 0. The topological polar surface area (TPSA) is 64.4 Å². The number of nitriles is 1. The first-order chi connectivity index (χ1) is 10.7. The van der Waals surface area contributed by atoms with Crippen molar-refractivity contribution in [1.29, 1.82) is 5.26 Å². The molecule has 3 fully saturated rings. The fourth-order valence-corrected chi connectivity index (χ4v) is 4.22. The van der Waals surface area contributed by atoms with Crippen LogP contribution in [0.15, 0.2) is 0 Å². The predicted octanol–water partition coefficient (Wildman–Crippen LogP) is 1.93. The first kappa shape index (κ1) is 15.3. The molecule has 3 aliphatic rings. The number of carbonyl (C=O) groups is 2. The van der Waals surface area contributed by atoms with Crippen LogP contribution in [0.4, 0.5) is 0 Å². The zero-order valence-electron chi connectivity index (χ0n) is 13.2. The average molecular weight is 303 g/mol. The van der Waals surface area contributed by atoms with E-state index in [1.165, 1.54) is 12.8 Å². The van der Waals surface area contributed by atoms with Gasteiger partial charge in [-0.15, -0.1) is 0 Å². The lowest BCUT2D eigenvalue weighted by molar-refractivity contribution is -0.146. The molecule has 2 saturated carbocycles. The van der Waals surface area contributed by atoms with Gasteiger partial charge in [-0.1, -0.05) is 25.7 Å². The number of rotatable bonds is 2. The molecule has 5 heteroatoms. The normalized spacial score (nSPS) is 25.2. The molecule has 0 radical (unpaired) electrons. The van der Waals surface area contributed by atoms with E-state index in [2.05, 4.69) is 6.07 Å². The lowest BCUT2D eigenvalue weighted by Crippen LogP contribution is -2.54. The maximum absolute atomic E-state index is 12.7. The lowest BCUT2D eigenvalue weighted by Gasteiger charge is -2.38. The Morgan fingerprint density at radius 1 is 0.909 bits per heavy atom. The van der Waals surface area contributed by atoms with Gasteiger partial charge in [0.1, 0.15) is 5.41 Å². The van der Waals surface area contributed by atoms with Crippen LogP contribution in [-0.4, -0.2) is 47.8 Å². The van der Waals surface area contributed by atoms with Gasteiger partial charge in [-0.05, 0) is 25.7 Å². The Morgan fingerprint density at radius 3 is 2.00 bits per heavy atom. The summed E-state index contributed by atoms with van der Waals surface area (Å²) in [4.78, 5) is 28.8. The van der Waals surface area contributed by atoms with Gasteiger partial charge in [0.2, 0.25) is 11.8 Å². The van der Waals surface area contributed by atoms with Gasteiger partial charge in [0.15, 0.2) is 0 Å². The molecule has 0 aromatic rings. The number of hydrogen-bond donors (Lipinski definition) is 0. The maximum Gasteiger partial charge on any atom is 0.243 e. The smallest absolute Gasteiger partial charge is 0.243 e. The van der Waals surface area contributed by atoms with Gasteiger partial charge >= 0.3 is 0 Å². The number of nitrogens with zero attached hydrogens (tertiary/aromatic N) is 3. The number of amides is 2. The highest BCUT2D eigenvalue weighted by atomic mass is 16.2. The van der Waals surface area contributed by atoms with Gasteiger partial charge in [-0.2, -0.15) is 5.26 Å². The minimum absolute atomic E-state index is 0.000431. The third-order valence-corrected chi connectivity index (χ3v) is 5.66. The summed E-state index contributed by atoms with van der Waals surface area (Å²) in [6.45, 7) is 2.42. The zero-order chi connectivity index (χ0) is 15.6. The van der Waals surface area contributed by atoms with Crippen molar-refractivity contribution in [2.45, 2.75) is 51.4 Å². The van der Waals surface area contributed by atoms with E-state index in [0.29, 0.717) is 39.0 Å². The Morgan fingerprint density at radius 2 is 1.45 bits per heavy atom. The van der Waals surface area contributed by atoms with Crippen molar-refractivity contribution in [2.75, 3.05) is 26.2 Å². The van der Waals surface area contributed by atoms with Gasteiger partial charge < -0.3 is 9.80 Å². The SMILES string of the molecule is N#CC1(C(=O)N2CCN(C(=O)C3CCCC3)CC2)CCCC1. The van der Waals surface area contributed by atoms with Crippen LogP contribution >= 0.6 is 0 Å². The van der Waals surface area contributed by atoms with E-state index < -0.39 is 5.41 Å². The van der Waals surface area contributed by atoms with Crippen LogP contribution in [-0.2, 0) is 9.59 Å². The second-order valence-electron chi connectivity index (χ2n) is 7.00. The minimum Gasteiger partial charge on any atom is -0.339 e. The number of hydrogen-bond acceptors (Lipinski definition) is 3. The van der Waals surface area contributed by atoms with Crippen molar-refractivity contribution in [1.82, 2.24) is 9.80 Å². The molecule has 22 heavy (non-hydrogen) atoms. The maximum atomic E-state index is 12.7. The van der Waals surface area contributed by atoms with Gasteiger partial charge in [0, 0.05) is 32.1 Å². The fourth-order valence-electron chi connectivity index (χ4n) is 4.22. The quantitative estimate of drug-likeness (QED) is 0.783. The molecule has 3 rings (SSSR count). The first-order valence-electron chi connectivity index (χ1n) is 8.66. The second-order valence-corrected chi connectivity index (χ2v) is 7.00. The second kappa shape index (κ2) is 6.28. The van der Waals surface area contributed by atoms with E-state index in [9.17, 15) is 14.9 Å². The molecule has 2 amide bonds. The third-order valence-electron chi connectivity index (χ3n) is 5.66. The molecule has 1 heterocycles. The molecule has 0 bridgehead atoms. The number of carbonyl (C=O) groups excluding carboxylic acids is 2. The van der Waals surface area contributed by atoms with Gasteiger partial charge in [0.05, 0.1) is 6.07 Å². The van der Waals surface area contributed by atoms with E-state index >= 15 is 0 Å². The summed E-state index contributed by atoms with van der Waals surface area (Å²) in [5.41, 5.74) is -0.780. The Labute approximate surface area is 132 Å². The molecular formula is C17H25N3O2. The molecular weight excluding hydrogens is 278 g/mol. The van der Waals surface area contributed by atoms with Crippen molar-refractivity contribution in [2.24, 2.45) is 11.3 Å². The molecule has 0 atom stereocenters. The van der Waals surface area contributed by atoms with Crippen molar-refractivity contribution < 1.29 is 9.59 Å². The summed E-state index contributed by atoms with van der Waals surface area (Å²) in [6.07, 6.45) is 7.72. The highest BCUT2D eigenvalue weighted by Crippen LogP contribution is 2.39. The van der Waals surface area contributed by atoms with Crippen LogP contribution in [0, 0.1) is 22.7 Å². The highest BCUT2D eigenvalue weighted by molar-refractivity contribution is 5.86. The minimum atomic E-state index is -0.780. The summed E-state index contributed by atoms with van der Waals surface area (Å²) in [7, 11) is 0. The van der Waals surface area contributed by atoms with E-state index in [1.54, 1.807) is 0 Å². The fraction of sp³-hybridized carbons (Fsp3) is 0.824. The van der Waals surface area contributed by atoms with E-state index in [1.807, 2.05) is 9.80 Å². The Hall–Kier alpha value is -1.57. The Kier molecular flexibility index (Phi) is 4.37. The van der Waals surface area contributed by atoms with Crippen molar-refractivity contribution in [3.63, 3.8) is 0 Å². The lowest BCUT2D eigenvalue weighted by atomic mass is 9.86. The molecule has 2 aliphatic carbocycles. The summed E-state index contributed by atoms with van der Waals surface area (Å²) in [5.74, 6) is 0.489. The highest BCUT2D eigenvalue weighted by Gasteiger charge is 2.44. The molecule has 0 aromatic heterocycles. The van der Waals surface area contributed by atoms with Crippen LogP contribution in [0.5, 0.6) is 0 Å². The monoisotopic (exact) mass is 303 g/mol. The summed E-state index contributed by atoms with van der Waals surface area (Å²) in [5, 5.41) is 9.44. The van der Waals surface area contributed by atoms with E-state index in [4.69, 9.17) is 0 Å². The molecule has 0 N–H and O–H groups in total. The van der Waals surface area contributed by atoms with Crippen LogP contribution in [0.2, 0.25) is 0 Å². The summed E-state index contributed by atoms with van der Waals surface area (Å²) >= 11 is 0. The number of piperazine rings is 1. The van der Waals surface area contributed by atoms with Crippen LogP contribution in [0.3, 0.4) is 0 Å². The largest absolute Gasteiger partial charge is 0.339 e. The molecule has 1 saturated heterocycles. The first-order valence-corrected chi connectivity index (χ1v) is 8.66. The molecule has 1 aliphatic heterocycles. The summed E-state index contributed by atoms with van der Waals surface area (Å²) in [6, 6.07) is 2.28. The van der Waals surface area contributed by atoms with Crippen LogP contribution < -0.4 is 0 Å². The molecule has 5 nitrogen and oxygen atoms in total. The standard InChI is InChI=1S/C17H25N3O2/c18-13-17(7-3-4-8-17)16(22)20-11-9-19(10-12-20)15(21)14-5-1-2-6-14/h14H,1-12H2. The van der Waals surface area contributed by atoms with E-state index in [0.717, 1.165) is 25.7 Å². The molecule has 0 aromatic carbocycles. The predicted molar refractivity (Wildman–Crippen MR) is 81.6 cm³/mol. The molecule has 0 spiro atoms. The molecule has 0 unspecified atom stereocenters. The Bertz CT molecular complexity index is 477. The van der Waals surface area contributed by atoms with Gasteiger partial charge in [0.25, 0.3) is 0 Å². The van der Waals surface area contributed by atoms with Crippen molar-refractivity contribution in [3.05, 3.63) is 0 Å². The van der Waals surface area contributed by atoms with Crippen LogP contribution in [0.25, 0.3) is 0 Å². The van der Waals surface area contributed by atoms with Crippen molar-refractivity contribution >= 4 is 11.8 Å². The average Bonchev–Trinajstić information content (AvgIpc) is 3.25. The third kappa shape index (κ3) is 2.71. The Balaban J connectivity index is 1.56. The molecule has 120 valence electrons. The van der Waals surface area contributed by atoms with E-state index in [-0.39, 0.29) is 17.7 Å². The van der Waals surface area contributed by atoms with Gasteiger partial charge in [-0.3, -0.25) is 9.59 Å². The van der Waals surface area contributed by atoms with Crippen molar-refractivity contribution in [3.8, 4) is 6.07 Å². The van der Waals surface area contributed by atoms with Gasteiger partial charge in [-0.25, -0.2) is 0 Å². The zero-order valence-corrected chi connectivity index (χ0v) is 13.2. The van der Waals surface area contributed by atoms with Crippen LogP contribution in [0.1, 0.15) is 51.4 Å².